The van der Waals surface area contributed by atoms with Gasteiger partial charge in [0.25, 0.3) is 5.69 Å². The van der Waals surface area contributed by atoms with Gasteiger partial charge in [-0.15, -0.1) is 0 Å². The number of amides is 1. The Kier molecular flexibility index (Phi) is 5.43. The number of nitro groups is 1. The van der Waals surface area contributed by atoms with Crippen molar-refractivity contribution in [3.63, 3.8) is 0 Å². The average Bonchev–Trinajstić information content (AvgIpc) is 2.55. The molecule has 2 aromatic carbocycles. The van der Waals surface area contributed by atoms with Crippen LogP contribution in [0.3, 0.4) is 0 Å². The van der Waals surface area contributed by atoms with E-state index in [1.165, 1.54) is 24.3 Å². The van der Waals surface area contributed by atoms with Crippen molar-refractivity contribution in [3.8, 4) is 0 Å². The van der Waals surface area contributed by atoms with Gasteiger partial charge in [-0.3, -0.25) is 19.8 Å². The third-order valence-corrected chi connectivity index (χ3v) is 3.66. The van der Waals surface area contributed by atoms with Gasteiger partial charge in [-0.1, -0.05) is 30.3 Å². The van der Waals surface area contributed by atoms with Crippen LogP contribution in [0.15, 0.2) is 54.6 Å². The highest BCUT2D eigenvalue weighted by Crippen LogP contribution is 2.16. The first kappa shape index (κ1) is 16.6. The summed E-state index contributed by atoms with van der Waals surface area (Å²) in [7, 11) is 1.88. The Morgan fingerprint density at radius 2 is 1.78 bits per heavy atom. The van der Waals surface area contributed by atoms with Crippen LogP contribution in [0, 0.1) is 10.1 Å². The van der Waals surface area contributed by atoms with Crippen LogP contribution in [0.1, 0.15) is 12.5 Å². The predicted molar refractivity (Wildman–Crippen MR) is 89.1 cm³/mol. The van der Waals surface area contributed by atoms with E-state index in [1.54, 1.807) is 0 Å². The largest absolute Gasteiger partial charge is 0.325 e. The topological polar surface area (TPSA) is 75.5 Å². The number of carbonyl (C=O) groups is 1. The maximum Gasteiger partial charge on any atom is 0.269 e. The summed E-state index contributed by atoms with van der Waals surface area (Å²) in [6.45, 7) is 2.49. The molecule has 1 N–H and O–H groups in total. The zero-order chi connectivity index (χ0) is 16.8. The molecule has 0 heterocycles. The summed E-state index contributed by atoms with van der Waals surface area (Å²) in [6.07, 6.45) is 0. The van der Waals surface area contributed by atoms with Crippen molar-refractivity contribution in [2.75, 3.05) is 12.4 Å². The summed E-state index contributed by atoms with van der Waals surface area (Å²) in [5, 5.41) is 13.4. The number of nitrogens with zero attached hydrogens (tertiary/aromatic N) is 2. The number of hydrogen-bond donors (Lipinski definition) is 1. The van der Waals surface area contributed by atoms with E-state index in [0.29, 0.717) is 12.2 Å². The zero-order valence-corrected chi connectivity index (χ0v) is 13.1. The molecule has 1 unspecified atom stereocenters. The fourth-order valence-electron chi connectivity index (χ4n) is 2.12. The lowest BCUT2D eigenvalue weighted by molar-refractivity contribution is -0.384. The fourth-order valence-corrected chi connectivity index (χ4v) is 2.12. The van der Waals surface area contributed by atoms with Crippen molar-refractivity contribution in [2.24, 2.45) is 0 Å². The highest BCUT2D eigenvalue weighted by atomic mass is 16.6. The molecule has 0 spiro atoms. The molecule has 0 fully saturated rings. The van der Waals surface area contributed by atoms with Crippen LogP contribution in [0.25, 0.3) is 0 Å². The maximum absolute atomic E-state index is 12.3. The van der Waals surface area contributed by atoms with E-state index in [1.807, 2.05) is 49.2 Å². The summed E-state index contributed by atoms with van der Waals surface area (Å²) in [6, 6.07) is 15.4. The zero-order valence-electron chi connectivity index (χ0n) is 13.1. The average molecular weight is 313 g/mol. The van der Waals surface area contributed by atoms with Crippen molar-refractivity contribution in [1.82, 2.24) is 4.90 Å². The molecular weight excluding hydrogens is 294 g/mol. The minimum atomic E-state index is -0.470. The number of benzene rings is 2. The van der Waals surface area contributed by atoms with Crippen LogP contribution in [-0.2, 0) is 11.3 Å². The monoisotopic (exact) mass is 313 g/mol. The maximum atomic E-state index is 12.3. The number of hydrogen-bond acceptors (Lipinski definition) is 4. The quantitative estimate of drug-likeness (QED) is 0.657. The minimum absolute atomic E-state index is 0.00255. The van der Waals surface area contributed by atoms with Gasteiger partial charge in [-0.25, -0.2) is 0 Å². The second kappa shape index (κ2) is 7.51. The number of non-ortho nitro benzene ring substituents is 1. The number of anilines is 1. The molecule has 0 aromatic heterocycles. The van der Waals surface area contributed by atoms with E-state index in [9.17, 15) is 14.9 Å². The SMILES string of the molecule is CC(C(=O)Nc1ccc([N+](=O)[O-])cc1)N(C)Cc1ccccc1. The van der Waals surface area contributed by atoms with E-state index >= 15 is 0 Å². The number of rotatable bonds is 6. The Morgan fingerprint density at radius 1 is 1.17 bits per heavy atom. The van der Waals surface area contributed by atoms with Crippen molar-refractivity contribution in [1.29, 1.82) is 0 Å². The number of likely N-dealkylation sites (N-methyl/N-ethyl adjacent to an activating group) is 1. The summed E-state index contributed by atoms with van der Waals surface area (Å²) in [5.74, 6) is -0.155. The van der Waals surface area contributed by atoms with E-state index in [0.717, 1.165) is 5.56 Å². The molecule has 0 saturated heterocycles. The van der Waals surface area contributed by atoms with Crippen LogP contribution < -0.4 is 5.32 Å². The van der Waals surface area contributed by atoms with Gasteiger partial charge < -0.3 is 5.32 Å². The summed E-state index contributed by atoms with van der Waals surface area (Å²) < 4.78 is 0. The molecule has 1 amide bonds. The Bertz CT molecular complexity index is 671. The van der Waals surface area contributed by atoms with Crippen LogP contribution in [-0.4, -0.2) is 28.8 Å². The molecule has 120 valence electrons. The Hall–Kier alpha value is -2.73. The smallest absolute Gasteiger partial charge is 0.269 e. The van der Waals surface area contributed by atoms with Gasteiger partial charge in [-0.2, -0.15) is 0 Å². The minimum Gasteiger partial charge on any atom is -0.325 e. The molecule has 6 nitrogen and oxygen atoms in total. The first-order valence-corrected chi connectivity index (χ1v) is 7.27. The molecule has 1 atom stereocenters. The molecule has 0 radical (unpaired) electrons. The van der Waals surface area contributed by atoms with Crippen LogP contribution in [0.4, 0.5) is 11.4 Å². The normalized spacial score (nSPS) is 12.0. The number of nitrogens with one attached hydrogen (secondary N) is 1. The Morgan fingerprint density at radius 3 is 2.35 bits per heavy atom. The van der Waals surface area contributed by atoms with Gasteiger partial charge in [0.2, 0.25) is 5.91 Å². The summed E-state index contributed by atoms with van der Waals surface area (Å²) >= 11 is 0. The summed E-state index contributed by atoms with van der Waals surface area (Å²) in [4.78, 5) is 24.4. The second-order valence-corrected chi connectivity index (χ2v) is 5.37. The van der Waals surface area contributed by atoms with Gasteiger partial charge in [0.1, 0.15) is 0 Å². The Labute approximate surface area is 134 Å². The van der Waals surface area contributed by atoms with E-state index < -0.39 is 4.92 Å². The second-order valence-electron chi connectivity index (χ2n) is 5.37. The molecule has 2 rings (SSSR count). The third-order valence-electron chi connectivity index (χ3n) is 3.66. The summed E-state index contributed by atoms with van der Waals surface area (Å²) in [5.41, 5.74) is 1.67. The highest BCUT2D eigenvalue weighted by molar-refractivity contribution is 5.94. The van der Waals surface area contributed by atoms with Crippen LogP contribution >= 0.6 is 0 Å². The predicted octanol–water partition coefficient (Wildman–Crippen LogP) is 3.05. The lowest BCUT2D eigenvalue weighted by Gasteiger charge is -2.24. The molecule has 2 aromatic rings. The highest BCUT2D eigenvalue weighted by Gasteiger charge is 2.18. The van der Waals surface area contributed by atoms with Crippen molar-refractivity contribution < 1.29 is 9.72 Å². The molecule has 0 aliphatic carbocycles. The third kappa shape index (κ3) is 4.62. The standard InChI is InChI=1S/C17H19N3O3/c1-13(19(2)12-14-6-4-3-5-7-14)17(21)18-15-8-10-16(11-9-15)20(22)23/h3-11,13H,12H2,1-2H3,(H,18,21). The van der Waals surface area contributed by atoms with Crippen molar-refractivity contribution >= 4 is 17.3 Å². The molecule has 23 heavy (non-hydrogen) atoms. The molecular formula is C17H19N3O3. The molecule has 0 saturated carbocycles. The molecule has 0 bridgehead atoms. The van der Waals surface area contributed by atoms with Crippen molar-refractivity contribution in [2.45, 2.75) is 19.5 Å². The number of carbonyl (C=O) groups excluding carboxylic acids is 1. The van der Waals surface area contributed by atoms with Gasteiger partial charge >= 0.3 is 0 Å². The lowest BCUT2D eigenvalue weighted by Crippen LogP contribution is -2.39. The number of nitro benzene ring substituents is 1. The molecule has 0 aliphatic heterocycles. The fraction of sp³-hybridized carbons (Fsp3) is 0.235. The van der Waals surface area contributed by atoms with E-state index in [4.69, 9.17) is 0 Å². The molecule has 0 aliphatic rings. The van der Waals surface area contributed by atoms with E-state index in [-0.39, 0.29) is 17.6 Å². The van der Waals surface area contributed by atoms with Gasteiger partial charge in [0.05, 0.1) is 11.0 Å². The first-order chi connectivity index (χ1) is 11.0. The van der Waals surface area contributed by atoms with Crippen LogP contribution in [0.5, 0.6) is 0 Å². The van der Waals surface area contributed by atoms with Crippen LogP contribution in [0.2, 0.25) is 0 Å². The van der Waals surface area contributed by atoms with Crippen molar-refractivity contribution in [3.05, 3.63) is 70.3 Å². The van der Waals surface area contributed by atoms with Gasteiger partial charge in [0, 0.05) is 24.4 Å². The van der Waals surface area contributed by atoms with E-state index in [2.05, 4.69) is 5.32 Å². The first-order valence-electron chi connectivity index (χ1n) is 7.27. The lowest BCUT2D eigenvalue weighted by atomic mass is 10.2. The molecule has 6 heteroatoms. The Balaban J connectivity index is 1.95. The van der Waals surface area contributed by atoms with Gasteiger partial charge in [-0.05, 0) is 31.7 Å². The van der Waals surface area contributed by atoms with Gasteiger partial charge in [0.15, 0.2) is 0 Å².